The SMILES string of the molecule is Cc1c(C(=O)Nc2ccc(C(=O)N(C)C)cc2)oc2ccc(Br)cc12. The maximum absolute atomic E-state index is 12.5. The Bertz CT molecular complexity index is 959. The largest absolute Gasteiger partial charge is 0.451 e. The molecule has 0 unspecified atom stereocenters. The molecular formula is C19H17BrN2O3. The molecule has 0 aliphatic rings. The van der Waals surface area contributed by atoms with Gasteiger partial charge in [0.05, 0.1) is 0 Å². The van der Waals surface area contributed by atoms with Gasteiger partial charge in [-0.2, -0.15) is 0 Å². The van der Waals surface area contributed by atoms with E-state index in [-0.39, 0.29) is 17.6 Å². The van der Waals surface area contributed by atoms with Crippen molar-refractivity contribution in [3.63, 3.8) is 0 Å². The first kappa shape index (κ1) is 17.2. The summed E-state index contributed by atoms with van der Waals surface area (Å²) in [5, 5.41) is 3.70. The van der Waals surface area contributed by atoms with Crippen molar-refractivity contribution in [2.45, 2.75) is 6.92 Å². The first-order chi connectivity index (χ1) is 11.9. The number of furan rings is 1. The summed E-state index contributed by atoms with van der Waals surface area (Å²) in [6.07, 6.45) is 0. The second-order valence-electron chi connectivity index (χ2n) is 5.93. The third-order valence-electron chi connectivity index (χ3n) is 3.90. The zero-order chi connectivity index (χ0) is 18.1. The summed E-state index contributed by atoms with van der Waals surface area (Å²) < 4.78 is 6.62. The van der Waals surface area contributed by atoms with Crippen molar-refractivity contribution in [2.24, 2.45) is 0 Å². The number of hydrogen-bond donors (Lipinski definition) is 1. The molecule has 0 saturated carbocycles. The van der Waals surface area contributed by atoms with Crippen molar-refractivity contribution >= 4 is 44.4 Å². The van der Waals surface area contributed by atoms with Crippen LogP contribution >= 0.6 is 15.9 Å². The molecule has 0 fully saturated rings. The fraction of sp³-hybridized carbons (Fsp3) is 0.158. The summed E-state index contributed by atoms with van der Waals surface area (Å²) in [5.74, 6) is -0.130. The summed E-state index contributed by atoms with van der Waals surface area (Å²) in [4.78, 5) is 25.9. The van der Waals surface area contributed by atoms with E-state index in [9.17, 15) is 9.59 Å². The van der Waals surface area contributed by atoms with Crippen LogP contribution in [0.4, 0.5) is 5.69 Å². The lowest BCUT2D eigenvalue weighted by Crippen LogP contribution is -2.21. The highest BCUT2D eigenvalue weighted by molar-refractivity contribution is 9.10. The van der Waals surface area contributed by atoms with Crippen LogP contribution in [0.3, 0.4) is 0 Å². The van der Waals surface area contributed by atoms with Crippen LogP contribution in [-0.4, -0.2) is 30.8 Å². The monoisotopic (exact) mass is 400 g/mol. The number of benzene rings is 2. The molecule has 0 saturated heterocycles. The number of nitrogens with zero attached hydrogens (tertiary/aromatic N) is 1. The molecular weight excluding hydrogens is 384 g/mol. The minimum Gasteiger partial charge on any atom is -0.451 e. The average Bonchev–Trinajstić information content (AvgIpc) is 2.91. The molecule has 2 aromatic carbocycles. The van der Waals surface area contributed by atoms with Crippen LogP contribution in [0.25, 0.3) is 11.0 Å². The summed E-state index contributed by atoms with van der Waals surface area (Å²) in [7, 11) is 3.39. The van der Waals surface area contributed by atoms with E-state index >= 15 is 0 Å². The van der Waals surface area contributed by atoms with Crippen molar-refractivity contribution in [3.8, 4) is 0 Å². The molecule has 25 heavy (non-hydrogen) atoms. The highest BCUT2D eigenvalue weighted by Crippen LogP contribution is 2.28. The second-order valence-corrected chi connectivity index (χ2v) is 6.84. The van der Waals surface area contributed by atoms with E-state index in [2.05, 4.69) is 21.2 Å². The number of hydrogen-bond acceptors (Lipinski definition) is 3. The number of fused-ring (bicyclic) bond motifs is 1. The fourth-order valence-corrected chi connectivity index (χ4v) is 2.91. The van der Waals surface area contributed by atoms with Gasteiger partial charge in [-0.1, -0.05) is 15.9 Å². The lowest BCUT2D eigenvalue weighted by molar-refractivity contribution is 0.0827. The van der Waals surface area contributed by atoms with E-state index in [1.165, 1.54) is 4.90 Å². The molecule has 1 N–H and O–H groups in total. The highest BCUT2D eigenvalue weighted by atomic mass is 79.9. The molecule has 128 valence electrons. The van der Waals surface area contributed by atoms with E-state index in [4.69, 9.17) is 4.42 Å². The lowest BCUT2D eigenvalue weighted by Gasteiger charge is -2.10. The number of amides is 2. The summed E-state index contributed by atoms with van der Waals surface area (Å²) >= 11 is 3.42. The Morgan fingerprint density at radius 2 is 1.76 bits per heavy atom. The summed E-state index contributed by atoms with van der Waals surface area (Å²) in [5.41, 5.74) is 2.61. The Balaban J connectivity index is 1.83. The zero-order valence-corrected chi connectivity index (χ0v) is 15.7. The van der Waals surface area contributed by atoms with E-state index in [0.717, 1.165) is 15.4 Å². The van der Waals surface area contributed by atoms with E-state index in [0.29, 0.717) is 16.8 Å². The van der Waals surface area contributed by atoms with E-state index in [1.54, 1.807) is 38.4 Å². The third kappa shape index (κ3) is 3.44. The summed E-state index contributed by atoms with van der Waals surface area (Å²) in [6.45, 7) is 1.85. The number of aryl methyl sites for hydroxylation is 1. The maximum atomic E-state index is 12.5. The van der Waals surface area contributed by atoms with Crippen LogP contribution in [0, 0.1) is 6.92 Å². The predicted molar refractivity (Wildman–Crippen MR) is 101 cm³/mol. The number of carbonyl (C=O) groups is 2. The zero-order valence-electron chi connectivity index (χ0n) is 14.1. The topological polar surface area (TPSA) is 62.6 Å². The lowest BCUT2D eigenvalue weighted by atomic mass is 10.1. The van der Waals surface area contributed by atoms with Crippen molar-refractivity contribution in [3.05, 3.63) is 63.8 Å². The van der Waals surface area contributed by atoms with Gasteiger partial charge in [-0.3, -0.25) is 9.59 Å². The molecule has 0 spiro atoms. The van der Waals surface area contributed by atoms with Crippen molar-refractivity contribution in [1.29, 1.82) is 0 Å². The van der Waals surface area contributed by atoms with Gasteiger partial charge >= 0.3 is 0 Å². The average molecular weight is 401 g/mol. The highest BCUT2D eigenvalue weighted by Gasteiger charge is 2.18. The molecule has 0 atom stereocenters. The molecule has 3 aromatic rings. The number of nitrogens with one attached hydrogen (secondary N) is 1. The van der Waals surface area contributed by atoms with Gasteiger partial charge in [-0.15, -0.1) is 0 Å². The minimum absolute atomic E-state index is 0.0865. The van der Waals surface area contributed by atoms with E-state index in [1.807, 2.05) is 25.1 Å². The normalized spacial score (nSPS) is 10.7. The van der Waals surface area contributed by atoms with Gasteiger partial charge in [0, 0.05) is 40.8 Å². The Kier molecular flexibility index (Phi) is 4.63. The van der Waals surface area contributed by atoms with Gasteiger partial charge in [0.15, 0.2) is 5.76 Å². The molecule has 0 aliphatic heterocycles. The Morgan fingerprint density at radius 1 is 1.08 bits per heavy atom. The summed E-state index contributed by atoms with van der Waals surface area (Å²) in [6, 6.07) is 12.4. The van der Waals surface area contributed by atoms with Gasteiger partial charge in [0.2, 0.25) is 0 Å². The van der Waals surface area contributed by atoms with Crippen molar-refractivity contribution < 1.29 is 14.0 Å². The van der Waals surface area contributed by atoms with Crippen LogP contribution < -0.4 is 5.32 Å². The molecule has 2 amide bonds. The minimum atomic E-state index is -0.323. The number of carbonyl (C=O) groups excluding carboxylic acids is 2. The van der Waals surface area contributed by atoms with Gasteiger partial charge in [-0.25, -0.2) is 0 Å². The predicted octanol–water partition coefficient (Wildman–Crippen LogP) is 4.46. The molecule has 3 rings (SSSR count). The quantitative estimate of drug-likeness (QED) is 0.705. The standard InChI is InChI=1S/C19H17BrN2O3/c1-11-15-10-13(20)6-9-16(15)25-17(11)18(23)21-14-7-4-12(5-8-14)19(24)22(2)3/h4-10H,1-3H3,(H,21,23). The van der Waals surface area contributed by atoms with Crippen LogP contribution in [0.1, 0.15) is 26.5 Å². The second kappa shape index (κ2) is 6.72. The van der Waals surface area contributed by atoms with Crippen molar-refractivity contribution in [2.75, 3.05) is 19.4 Å². The van der Waals surface area contributed by atoms with Gasteiger partial charge in [-0.05, 0) is 49.4 Å². The van der Waals surface area contributed by atoms with Gasteiger partial charge < -0.3 is 14.6 Å². The van der Waals surface area contributed by atoms with E-state index < -0.39 is 0 Å². The van der Waals surface area contributed by atoms with Crippen LogP contribution in [0.15, 0.2) is 51.4 Å². The molecule has 6 heteroatoms. The smallest absolute Gasteiger partial charge is 0.291 e. The Morgan fingerprint density at radius 3 is 2.40 bits per heavy atom. The third-order valence-corrected chi connectivity index (χ3v) is 4.39. The molecule has 0 radical (unpaired) electrons. The first-order valence-electron chi connectivity index (χ1n) is 7.68. The maximum Gasteiger partial charge on any atom is 0.291 e. The van der Waals surface area contributed by atoms with Gasteiger partial charge in [0.25, 0.3) is 11.8 Å². The van der Waals surface area contributed by atoms with Crippen LogP contribution in [0.5, 0.6) is 0 Å². The number of rotatable bonds is 3. The molecule has 1 aromatic heterocycles. The Hall–Kier alpha value is -2.60. The molecule has 5 nitrogen and oxygen atoms in total. The fourth-order valence-electron chi connectivity index (χ4n) is 2.55. The van der Waals surface area contributed by atoms with Crippen molar-refractivity contribution in [1.82, 2.24) is 4.90 Å². The molecule has 0 bridgehead atoms. The molecule has 0 aliphatic carbocycles. The molecule has 1 heterocycles. The van der Waals surface area contributed by atoms with Crippen LogP contribution in [-0.2, 0) is 0 Å². The van der Waals surface area contributed by atoms with Gasteiger partial charge in [0.1, 0.15) is 5.58 Å². The number of halogens is 1. The number of anilines is 1. The van der Waals surface area contributed by atoms with Crippen LogP contribution in [0.2, 0.25) is 0 Å². The Labute approximate surface area is 153 Å². The first-order valence-corrected chi connectivity index (χ1v) is 8.48.